The first kappa shape index (κ1) is 25.2. The fourth-order valence-corrected chi connectivity index (χ4v) is 2.71. The van der Waals surface area contributed by atoms with Gasteiger partial charge in [-0.05, 0) is 49.6 Å². The lowest BCUT2D eigenvalue weighted by molar-refractivity contribution is 0.110. The zero-order chi connectivity index (χ0) is 20.2. The molecule has 2 aromatic rings. The van der Waals surface area contributed by atoms with Gasteiger partial charge in [0.25, 0.3) is 0 Å². The maximum atomic E-state index is 13.2. The molecule has 0 aromatic heterocycles. The minimum atomic E-state index is -0.212. The van der Waals surface area contributed by atoms with Crippen LogP contribution in [0, 0.1) is 12.7 Å². The van der Waals surface area contributed by atoms with E-state index in [2.05, 4.69) is 27.8 Å². The van der Waals surface area contributed by atoms with Crippen molar-refractivity contribution in [3.8, 4) is 5.75 Å². The highest BCUT2D eigenvalue weighted by atomic mass is 127. The molecule has 0 spiro atoms. The fourth-order valence-electron chi connectivity index (χ4n) is 2.71. The van der Waals surface area contributed by atoms with Gasteiger partial charge in [0, 0.05) is 32.3 Å². The molecular formula is C22H31FIN3O2. The highest BCUT2D eigenvalue weighted by molar-refractivity contribution is 14.0. The lowest BCUT2D eigenvalue weighted by atomic mass is 10.1. The summed E-state index contributed by atoms with van der Waals surface area (Å²) in [6.07, 6.45) is 0.717. The molecule has 2 rings (SSSR count). The van der Waals surface area contributed by atoms with Crippen molar-refractivity contribution in [2.75, 3.05) is 33.4 Å². The average Bonchev–Trinajstić information content (AvgIpc) is 2.69. The van der Waals surface area contributed by atoms with Crippen LogP contribution in [0.15, 0.2) is 47.5 Å². The van der Waals surface area contributed by atoms with Gasteiger partial charge in [-0.2, -0.15) is 0 Å². The monoisotopic (exact) mass is 515 g/mol. The van der Waals surface area contributed by atoms with Crippen LogP contribution in [0.4, 0.5) is 4.39 Å². The standard InChI is InChI=1S/C22H30FN3O2.HI/c1-4-27-12-13-28-21-14-17(2)8-9-19(21)16-26-22(24-3)25-11-10-18-6-5-7-20(23)15-18;/h5-9,14-15H,4,10-13,16H2,1-3H3,(H2,24,25,26);1H. The Labute approximate surface area is 190 Å². The van der Waals surface area contributed by atoms with Crippen molar-refractivity contribution >= 4 is 29.9 Å². The summed E-state index contributed by atoms with van der Waals surface area (Å²) in [5, 5.41) is 6.55. The molecule has 0 saturated carbocycles. The number of guanidine groups is 1. The summed E-state index contributed by atoms with van der Waals surface area (Å²) >= 11 is 0. The van der Waals surface area contributed by atoms with Crippen LogP contribution in [-0.2, 0) is 17.7 Å². The Morgan fingerprint density at radius 2 is 1.93 bits per heavy atom. The zero-order valence-corrected chi connectivity index (χ0v) is 19.7. The second-order valence-corrected chi connectivity index (χ2v) is 6.39. The fraction of sp³-hybridized carbons (Fsp3) is 0.409. The molecule has 0 atom stereocenters. The molecule has 2 aromatic carbocycles. The molecule has 0 heterocycles. The third-order valence-corrected chi connectivity index (χ3v) is 4.18. The molecule has 5 nitrogen and oxygen atoms in total. The van der Waals surface area contributed by atoms with E-state index >= 15 is 0 Å². The molecule has 0 amide bonds. The number of rotatable bonds is 10. The molecule has 7 heteroatoms. The van der Waals surface area contributed by atoms with Gasteiger partial charge < -0.3 is 20.1 Å². The van der Waals surface area contributed by atoms with Gasteiger partial charge in [0.05, 0.1) is 6.61 Å². The molecule has 29 heavy (non-hydrogen) atoms. The third kappa shape index (κ3) is 9.45. The quantitative estimate of drug-likeness (QED) is 0.217. The second kappa shape index (κ2) is 14.2. The number of halogens is 2. The van der Waals surface area contributed by atoms with Crippen LogP contribution in [0.3, 0.4) is 0 Å². The number of hydrogen-bond acceptors (Lipinski definition) is 3. The smallest absolute Gasteiger partial charge is 0.191 e. The van der Waals surface area contributed by atoms with Crippen molar-refractivity contribution in [1.29, 1.82) is 0 Å². The van der Waals surface area contributed by atoms with Crippen molar-refractivity contribution in [1.82, 2.24) is 10.6 Å². The minimum Gasteiger partial charge on any atom is -0.491 e. The summed E-state index contributed by atoms with van der Waals surface area (Å²) in [6.45, 7) is 7.03. The number of hydrogen-bond donors (Lipinski definition) is 2. The van der Waals surface area contributed by atoms with Crippen molar-refractivity contribution in [2.24, 2.45) is 4.99 Å². The molecule has 2 N–H and O–H groups in total. The van der Waals surface area contributed by atoms with Gasteiger partial charge in [-0.3, -0.25) is 4.99 Å². The Balaban J connectivity index is 0.00000420. The highest BCUT2D eigenvalue weighted by Crippen LogP contribution is 2.20. The summed E-state index contributed by atoms with van der Waals surface area (Å²) in [7, 11) is 1.73. The van der Waals surface area contributed by atoms with Gasteiger partial charge in [0.15, 0.2) is 5.96 Å². The van der Waals surface area contributed by atoms with Gasteiger partial charge in [-0.15, -0.1) is 24.0 Å². The molecule has 0 fully saturated rings. The van der Waals surface area contributed by atoms with E-state index in [1.165, 1.54) is 6.07 Å². The lowest BCUT2D eigenvalue weighted by Gasteiger charge is -2.15. The Morgan fingerprint density at radius 3 is 2.66 bits per heavy atom. The molecule has 0 unspecified atom stereocenters. The summed E-state index contributed by atoms with van der Waals surface area (Å²) in [5.74, 6) is 1.33. The lowest BCUT2D eigenvalue weighted by Crippen LogP contribution is -2.38. The molecular weight excluding hydrogens is 484 g/mol. The van der Waals surface area contributed by atoms with Crippen LogP contribution < -0.4 is 15.4 Å². The number of ether oxygens (including phenoxy) is 2. The van der Waals surface area contributed by atoms with Crippen LogP contribution >= 0.6 is 24.0 Å². The summed E-state index contributed by atoms with van der Waals surface area (Å²) in [5.41, 5.74) is 3.15. The first-order chi connectivity index (χ1) is 13.6. The van der Waals surface area contributed by atoms with Crippen LogP contribution in [0.5, 0.6) is 5.75 Å². The summed E-state index contributed by atoms with van der Waals surface area (Å²) in [6, 6.07) is 12.8. The normalized spacial score (nSPS) is 11.0. The molecule has 0 saturated heterocycles. The van der Waals surface area contributed by atoms with E-state index in [1.54, 1.807) is 19.2 Å². The van der Waals surface area contributed by atoms with E-state index in [9.17, 15) is 4.39 Å². The minimum absolute atomic E-state index is 0. The SMILES string of the molecule is CCOCCOc1cc(C)ccc1CNC(=NC)NCCc1cccc(F)c1.I. The van der Waals surface area contributed by atoms with E-state index in [4.69, 9.17) is 9.47 Å². The average molecular weight is 515 g/mol. The molecule has 0 radical (unpaired) electrons. The van der Waals surface area contributed by atoms with Crippen molar-refractivity contribution in [3.63, 3.8) is 0 Å². The summed E-state index contributed by atoms with van der Waals surface area (Å²) < 4.78 is 24.5. The van der Waals surface area contributed by atoms with Gasteiger partial charge in [0.1, 0.15) is 18.2 Å². The Morgan fingerprint density at radius 1 is 1.10 bits per heavy atom. The van der Waals surface area contributed by atoms with Gasteiger partial charge >= 0.3 is 0 Å². The predicted molar refractivity (Wildman–Crippen MR) is 127 cm³/mol. The molecule has 0 aliphatic rings. The topological polar surface area (TPSA) is 54.9 Å². The Bertz CT molecular complexity index is 771. The van der Waals surface area contributed by atoms with Gasteiger partial charge in [-0.25, -0.2) is 4.39 Å². The largest absolute Gasteiger partial charge is 0.491 e. The Kier molecular flexibility index (Phi) is 12.3. The first-order valence-electron chi connectivity index (χ1n) is 9.61. The molecule has 0 aliphatic heterocycles. The number of aryl methyl sites for hydroxylation is 1. The highest BCUT2D eigenvalue weighted by Gasteiger charge is 2.06. The van der Waals surface area contributed by atoms with Crippen molar-refractivity contribution in [3.05, 3.63) is 65.0 Å². The van der Waals surface area contributed by atoms with E-state index in [0.29, 0.717) is 38.9 Å². The van der Waals surface area contributed by atoms with Crippen molar-refractivity contribution in [2.45, 2.75) is 26.8 Å². The number of aliphatic imine (C=N–C) groups is 1. The van der Waals surface area contributed by atoms with Crippen LogP contribution in [0.2, 0.25) is 0 Å². The maximum absolute atomic E-state index is 13.2. The zero-order valence-electron chi connectivity index (χ0n) is 17.3. The van der Waals surface area contributed by atoms with E-state index in [1.807, 2.05) is 26.0 Å². The molecule has 0 bridgehead atoms. The van der Waals surface area contributed by atoms with Crippen LogP contribution in [-0.4, -0.2) is 39.4 Å². The number of benzene rings is 2. The summed E-state index contributed by atoms with van der Waals surface area (Å²) in [4.78, 5) is 4.25. The van der Waals surface area contributed by atoms with Gasteiger partial charge in [0.2, 0.25) is 0 Å². The molecule has 0 aliphatic carbocycles. The Hall–Kier alpha value is -1.87. The number of nitrogens with one attached hydrogen (secondary N) is 2. The van der Waals surface area contributed by atoms with Crippen LogP contribution in [0.1, 0.15) is 23.6 Å². The van der Waals surface area contributed by atoms with E-state index in [-0.39, 0.29) is 29.8 Å². The molecule has 160 valence electrons. The van der Waals surface area contributed by atoms with Crippen molar-refractivity contribution < 1.29 is 13.9 Å². The first-order valence-corrected chi connectivity index (χ1v) is 9.61. The third-order valence-electron chi connectivity index (χ3n) is 4.18. The van der Waals surface area contributed by atoms with Gasteiger partial charge in [-0.1, -0.05) is 24.3 Å². The van der Waals surface area contributed by atoms with Crippen LogP contribution in [0.25, 0.3) is 0 Å². The van der Waals surface area contributed by atoms with E-state index in [0.717, 1.165) is 28.9 Å². The number of nitrogens with zero attached hydrogens (tertiary/aromatic N) is 1. The second-order valence-electron chi connectivity index (χ2n) is 6.39. The maximum Gasteiger partial charge on any atom is 0.191 e. The van der Waals surface area contributed by atoms with E-state index < -0.39 is 0 Å². The predicted octanol–water partition coefficient (Wildman–Crippen LogP) is 4.08.